The molecule has 1 saturated carbocycles. The highest BCUT2D eigenvalue weighted by Gasteiger charge is 2.48. The van der Waals surface area contributed by atoms with Gasteiger partial charge in [-0.1, -0.05) is 43.3 Å². The lowest BCUT2D eigenvalue weighted by Crippen LogP contribution is -2.35. The van der Waals surface area contributed by atoms with Gasteiger partial charge in [0.15, 0.2) is 5.78 Å². The highest BCUT2D eigenvalue weighted by atomic mass is 16.1. The molecule has 0 saturated heterocycles. The molecule has 0 aliphatic heterocycles. The van der Waals surface area contributed by atoms with Gasteiger partial charge in [-0.3, -0.25) is 4.79 Å². The molecule has 0 radical (unpaired) electrons. The van der Waals surface area contributed by atoms with Crippen LogP contribution in [0, 0.1) is 11.3 Å². The van der Waals surface area contributed by atoms with E-state index >= 15 is 0 Å². The Bertz CT molecular complexity index is 458. The second-order valence-corrected chi connectivity index (χ2v) is 5.30. The molecule has 0 aromatic heterocycles. The SMILES string of the molecule is C[C@]12CC=C(C(=O)c3ccccc3)[C@H]1CC2. The fourth-order valence-electron chi connectivity index (χ4n) is 3.05. The Hall–Kier alpha value is -1.37. The van der Waals surface area contributed by atoms with Crippen LogP contribution >= 0.6 is 0 Å². The van der Waals surface area contributed by atoms with Crippen LogP contribution in [0.25, 0.3) is 0 Å². The summed E-state index contributed by atoms with van der Waals surface area (Å²) in [5, 5.41) is 0. The summed E-state index contributed by atoms with van der Waals surface area (Å²) >= 11 is 0. The lowest BCUT2D eigenvalue weighted by atomic mass is 9.60. The molecular weight excluding hydrogens is 196 g/mol. The van der Waals surface area contributed by atoms with E-state index in [1.54, 1.807) is 0 Å². The van der Waals surface area contributed by atoms with Crippen molar-refractivity contribution in [1.29, 1.82) is 0 Å². The fourth-order valence-corrected chi connectivity index (χ4v) is 3.05. The Kier molecular flexibility index (Phi) is 2.03. The zero-order valence-corrected chi connectivity index (χ0v) is 9.57. The minimum atomic E-state index is 0.244. The molecule has 82 valence electrons. The van der Waals surface area contributed by atoms with Crippen LogP contribution in [0.2, 0.25) is 0 Å². The lowest BCUT2D eigenvalue weighted by Gasteiger charge is -2.43. The topological polar surface area (TPSA) is 17.1 Å². The van der Waals surface area contributed by atoms with Crippen molar-refractivity contribution in [3.8, 4) is 0 Å². The highest BCUT2D eigenvalue weighted by Crippen LogP contribution is 2.57. The number of carbonyl (C=O) groups is 1. The third-order valence-electron chi connectivity index (χ3n) is 4.31. The van der Waals surface area contributed by atoms with E-state index in [4.69, 9.17) is 0 Å². The Morgan fingerprint density at radius 3 is 2.62 bits per heavy atom. The highest BCUT2D eigenvalue weighted by molar-refractivity contribution is 6.09. The molecule has 1 aromatic carbocycles. The summed E-state index contributed by atoms with van der Waals surface area (Å²) in [4.78, 5) is 12.3. The molecule has 3 rings (SSSR count). The first-order valence-corrected chi connectivity index (χ1v) is 6.00. The van der Waals surface area contributed by atoms with E-state index in [9.17, 15) is 4.79 Å². The minimum absolute atomic E-state index is 0.244. The lowest BCUT2D eigenvalue weighted by molar-refractivity contribution is 0.0841. The second-order valence-electron chi connectivity index (χ2n) is 5.30. The third kappa shape index (κ3) is 1.27. The van der Waals surface area contributed by atoms with Crippen LogP contribution < -0.4 is 0 Å². The summed E-state index contributed by atoms with van der Waals surface area (Å²) in [5.74, 6) is 0.772. The van der Waals surface area contributed by atoms with Gasteiger partial charge in [-0.15, -0.1) is 0 Å². The van der Waals surface area contributed by atoms with E-state index in [0.717, 1.165) is 17.6 Å². The number of allylic oxidation sites excluding steroid dienone is 2. The average molecular weight is 212 g/mol. The molecule has 2 aliphatic rings. The molecule has 1 fully saturated rings. The summed E-state index contributed by atoms with van der Waals surface area (Å²) in [6, 6.07) is 9.65. The van der Waals surface area contributed by atoms with Crippen molar-refractivity contribution in [2.75, 3.05) is 0 Å². The Balaban J connectivity index is 1.88. The van der Waals surface area contributed by atoms with Gasteiger partial charge in [0, 0.05) is 5.56 Å². The maximum atomic E-state index is 12.3. The number of fused-ring (bicyclic) bond motifs is 1. The number of hydrogen-bond acceptors (Lipinski definition) is 1. The van der Waals surface area contributed by atoms with Gasteiger partial charge in [-0.2, -0.15) is 0 Å². The molecule has 2 aliphatic carbocycles. The average Bonchev–Trinajstić information content (AvgIpc) is 2.53. The smallest absolute Gasteiger partial charge is 0.188 e. The van der Waals surface area contributed by atoms with Crippen molar-refractivity contribution in [3.05, 3.63) is 47.5 Å². The Labute approximate surface area is 96.2 Å². The first kappa shape index (κ1) is 9.83. The number of Topliss-reactive ketones (excluding diaryl/α,β-unsaturated/α-hetero) is 1. The van der Waals surface area contributed by atoms with Crippen molar-refractivity contribution < 1.29 is 4.79 Å². The summed E-state index contributed by atoms with van der Waals surface area (Å²) in [6.07, 6.45) is 5.74. The molecule has 1 aromatic rings. The normalized spacial score (nSPS) is 31.6. The fraction of sp³-hybridized carbons (Fsp3) is 0.400. The number of hydrogen-bond donors (Lipinski definition) is 0. The molecule has 16 heavy (non-hydrogen) atoms. The summed E-state index contributed by atoms with van der Waals surface area (Å²) in [5.41, 5.74) is 2.31. The molecular formula is C15H16O. The van der Waals surface area contributed by atoms with Crippen molar-refractivity contribution >= 4 is 5.78 Å². The molecule has 0 heterocycles. The molecule has 1 heteroatoms. The van der Waals surface area contributed by atoms with E-state index < -0.39 is 0 Å². The Morgan fingerprint density at radius 2 is 2.06 bits per heavy atom. The van der Waals surface area contributed by atoms with Gasteiger partial charge in [0.25, 0.3) is 0 Å². The standard InChI is InChI=1S/C15H16O/c1-15-9-7-12(13(15)8-10-15)14(16)11-5-3-2-4-6-11/h2-7,13H,8-10H2,1H3/t13-,15-/m1/s1. The molecule has 0 bridgehead atoms. The van der Waals surface area contributed by atoms with Crippen LogP contribution in [0.15, 0.2) is 42.0 Å². The van der Waals surface area contributed by atoms with Crippen LogP contribution in [0.5, 0.6) is 0 Å². The maximum Gasteiger partial charge on any atom is 0.188 e. The molecule has 0 spiro atoms. The van der Waals surface area contributed by atoms with Crippen molar-refractivity contribution in [3.63, 3.8) is 0 Å². The van der Waals surface area contributed by atoms with E-state index in [0.29, 0.717) is 11.3 Å². The number of carbonyl (C=O) groups excluding carboxylic acids is 1. The molecule has 0 N–H and O–H groups in total. The summed E-state index contributed by atoms with van der Waals surface area (Å²) in [6.45, 7) is 2.31. The Morgan fingerprint density at radius 1 is 1.31 bits per heavy atom. The van der Waals surface area contributed by atoms with Gasteiger partial charge in [0.2, 0.25) is 0 Å². The largest absolute Gasteiger partial charge is 0.289 e. The molecule has 2 atom stereocenters. The number of benzene rings is 1. The third-order valence-corrected chi connectivity index (χ3v) is 4.31. The van der Waals surface area contributed by atoms with Gasteiger partial charge >= 0.3 is 0 Å². The second kappa shape index (κ2) is 3.31. The van der Waals surface area contributed by atoms with E-state index in [-0.39, 0.29) is 5.78 Å². The first-order valence-electron chi connectivity index (χ1n) is 6.00. The molecule has 0 unspecified atom stereocenters. The van der Waals surface area contributed by atoms with Gasteiger partial charge in [-0.25, -0.2) is 0 Å². The number of rotatable bonds is 2. The zero-order chi connectivity index (χ0) is 11.2. The molecule has 0 amide bonds. The van der Waals surface area contributed by atoms with Crippen LogP contribution in [-0.2, 0) is 0 Å². The van der Waals surface area contributed by atoms with Crippen LogP contribution in [0.1, 0.15) is 36.5 Å². The van der Waals surface area contributed by atoms with Gasteiger partial charge in [0.1, 0.15) is 0 Å². The maximum absolute atomic E-state index is 12.3. The van der Waals surface area contributed by atoms with Gasteiger partial charge in [0.05, 0.1) is 0 Å². The first-order chi connectivity index (χ1) is 7.71. The van der Waals surface area contributed by atoms with E-state index in [1.165, 1.54) is 12.8 Å². The van der Waals surface area contributed by atoms with Crippen LogP contribution in [0.4, 0.5) is 0 Å². The van der Waals surface area contributed by atoms with Gasteiger partial charge in [-0.05, 0) is 36.2 Å². The summed E-state index contributed by atoms with van der Waals surface area (Å²) in [7, 11) is 0. The van der Waals surface area contributed by atoms with E-state index in [1.807, 2.05) is 30.3 Å². The van der Waals surface area contributed by atoms with Crippen molar-refractivity contribution in [2.24, 2.45) is 11.3 Å². The summed E-state index contributed by atoms with van der Waals surface area (Å²) < 4.78 is 0. The minimum Gasteiger partial charge on any atom is -0.289 e. The quantitative estimate of drug-likeness (QED) is 0.684. The van der Waals surface area contributed by atoms with Crippen LogP contribution in [0.3, 0.4) is 0 Å². The van der Waals surface area contributed by atoms with Crippen molar-refractivity contribution in [2.45, 2.75) is 26.2 Å². The predicted molar refractivity (Wildman–Crippen MR) is 64.3 cm³/mol. The zero-order valence-electron chi connectivity index (χ0n) is 9.57. The van der Waals surface area contributed by atoms with E-state index in [2.05, 4.69) is 13.0 Å². The predicted octanol–water partition coefficient (Wildman–Crippen LogP) is 3.62. The van der Waals surface area contributed by atoms with Crippen molar-refractivity contribution in [1.82, 2.24) is 0 Å². The monoisotopic (exact) mass is 212 g/mol. The number of ketones is 1. The van der Waals surface area contributed by atoms with Crippen LogP contribution in [-0.4, -0.2) is 5.78 Å². The molecule has 1 nitrogen and oxygen atoms in total. The van der Waals surface area contributed by atoms with Gasteiger partial charge < -0.3 is 0 Å².